The number of esters is 1. The van der Waals surface area contributed by atoms with Gasteiger partial charge < -0.3 is 4.74 Å². The first-order valence-electron chi connectivity index (χ1n) is 12.6. The predicted molar refractivity (Wildman–Crippen MR) is 128 cm³/mol. The minimum Gasteiger partial charge on any atom is -0.423 e. The Morgan fingerprint density at radius 3 is 1.83 bits per heavy atom. The van der Waals surface area contributed by atoms with Gasteiger partial charge in [0.15, 0.2) is 0 Å². The number of benzene rings is 2. The summed E-state index contributed by atoms with van der Waals surface area (Å²) in [4.78, 5) is 12.5. The van der Waals surface area contributed by atoms with E-state index in [0.717, 1.165) is 49.7 Å². The lowest BCUT2D eigenvalue weighted by Gasteiger charge is -2.37. The maximum absolute atomic E-state index is 14.8. The average Bonchev–Trinajstić information content (AvgIpc) is 2.81. The van der Waals surface area contributed by atoms with Crippen molar-refractivity contribution in [1.82, 2.24) is 0 Å². The minimum absolute atomic E-state index is 0.0465. The second kappa shape index (κ2) is 11.0. The van der Waals surface area contributed by atoms with E-state index in [0.29, 0.717) is 11.5 Å². The van der Waals surface area contributed by atoms with Crippen molar-refractivity contribution in [2.24, 2.45) is 17.8 Å². The highest BCUT2D eigenvalue weighted by Crippen LogP contribution is 2.44. The molecule has 2 nitrogen and oxygen atoms in total. The third-order valence-electron chi connectivity index (χ3n) is 7.84. The Kier molecular flexibility index (Phi) is 7.98. The molecule has 2 aromatic rings. The van der Waals surface area contributed by atoms with E-state index < -0.39 is 40.6 Å². The molecule has 0 bridgehead atoms. The molecule has 2 aliphatic rings. The van der Waals surface area contributed by atoms with Crippen LogP contribution in [0.5, 0.6) is 5.75 Å². The zero-order chi connectivity index (χ0) is 25.1. The fourth-order valence-corrected chi connectivity index (χ4v) is 5.81. The van der Waals surface area contributed by atoms with E-state index in [1.807, 2.05) is 0 Å². The molecule has 2 saturated carbocycles. The molecule has 0 amide bonds. The molecule has 6 heteroatoms. The summed E-state index contributed by atoms with van der Waals surface area (Å²) >= 11 is 0. The molecule has 0 radical (unpaired) electrons. The van der Waals surface area contributed by atoms with E-state index in [1.54, 1.807) is 6.92 Å². The number of allylic oxidation sites excluding steroid dienone is 1. The average molecular weight is 489 g/mol. The Morgan fingerprint density at radius 1 is 0.800 bits per heavy atom. The molecule has 0 saturated heterocycles. The molecule has 0 aromatic heterocycles. The molecule has 35 heavy (non-hydrogen) atoms. The molecule has 0 aliphatic heterocycles. The monoisotopic (exact) mass is 488 g/mol. The highest BCUT2D eigenvalue weighted by Gasteiger charge is 2.31. The largest absolute Gasteiger partial charge is 0.423 e. The van der Waals surface area contributed by atoms with Crippen LogP contribution in [0.2, 0.25) is 0 Å². The zero-order valence-electron chi connectivity index (χ0n) is 20.3. The standard InChI is InChI=1S/C29H32F4O2/c1-3-4-23-24(30)15-22(16-25(23)31)35-29(34)28-26(32)13-21(14-27(28)33)20-11-9-19(10-12-20)18-7-5-17(2)6-8-18/h3-4,13-20H,5-12H2,1-2H3/b4-3+. The molecule has 0 atom stereocenters. The third kappa shape index (κ3) is 5.79. The topological polar surface area (TPSA) is 26.3 Å². The van der Waals surface area contributed by atoms with Gasteiger partial charge >= 0.3 is 5.97 Å². The van der Waals surface area contributed by atoms with Gasteiger partial charge in [-0.05, 0) is 86.8 Å². The van der Waals surface area contributed by atoms with Crippen molar-refractivity contribution in [2.45, 2.75) is 71.1 Å². The van der Waals surface area contributed by atoms with Gasteiger partial charge in [0, 0.05) is 17.7 Å². The number of ether oxygens (including phenoxy) is 1. The van der Waals surface area contributed by atoms with Crippen molar-refractivity contribution >= 4 is 12.0 Å². The van der Waals surface area contributed by atoms with Gasteiger partial charge in [0.25, 0.3) is 0 Å². The first kappa shape index (κ1) is 25.5. The summed E-state index contributed by atoms with van der Waals surface area (Å²) in [6.07, 6.45) is 11.7. The molecule has 188 valence electrons. The lowest BCUT2D eigenvalue weighted by Crippen LogP contribution is -2.25. The Morgan fingerprint density at radius 2 is 1.31 bits per heavy atom. The van der Waals surface area contributed by atoms with Crippen LogP contribution in [-0.2, 0) is 0 Å². The normalized spacial score (nSPS) is 25.1. The van der Waals surface area contributed by atoms with Gasteiger partial charge in [-0.3, -0.25) is 0 Å². The number of halogens is 4. The maximum Gasteiger partial charge on any atom is 0.349 e. The van der Waals surface area contributed by atoms with Crippen molar-refractivity contribution in [1.29, 1.82) is 0 Å². The summed E-state index contributed by atoms with van der Waals surface area (Å²) in [6.45, 7) is 3.91. The van der Waals surface area contributed by atoms with E-state index >= 15 is 0 Å². The molecule has 0 unspecified atom stereocenters. The van der Waals surface area contributed by atoms with Crippen molar-refractivity contribution in [3.8, 4) is 5.75 Å². The first-order valence-corrected chi connectivity index (χ1v) is 12.6. The van der Waals surface area contributed by atoms with E-state index in [9.17, 15) is 22.4 Å². The number of carbonyl (C=O) groups is 1. The number of hydrogen-bond acceptors (Lipinski definition) is 2. The SMILES string of the molecule is C/C=C/c1c(F)cc(OC(=O)c2c(F)cc(C3CCC(C4CCC(C)CC4)CC3)cc2F)cc1F. The van der Waals surface area contributed by atoms with Gasteiger partial charge in [-0.15, -0.1) is 0 Å². The van der Waals surface area contributed by atoms with Crippen molar-refractivity contribution in [3.63, 3.8) is 0 Å². The van der Waals surface area contributed by atoms with E-state index in [1.165, 1.54) is 50.0 Å². The number of hydrogen-bond donors (Lipinski definition) is 0. The summed E-state index contributed by atoms with van der Waals surface area (Å²) in [5.74, 6) is -3.43. The molecule has 0 N–H and O–H groups in total. The Bertz CT molecular complexity index is 1050. The molecule has 2 aliphatic carbocycles. The molecule has 0 spiro atoms. The summed E-state index contributed by atoms with van der Waals surface area (Å²) in [6, 6.07) is 4.02. The summed E-state index contributed by atoms with van der Waals surface area (Å²) in [5.41, 5.74) is -0.612. The van der Waals surface area contributed by atoms with Crippen LogP contribution in [0.3, 0.4) is 0 Å². The van der Waals surface area contributed by atoms with Gasteiger partial charge in [0.2, 0.25) is 0 Å². The van der Waals surface area contributed by atoms with Crippen LogP contribution in [0.4, 0.5) is 17.6 Å². The lowest BCUT2D eigenvalue weighted by atomic mass is 9.68. The molecule has 2 aromatic carbocycles. The Labute approximate surface area is 204 Å². The summed E-state index contributed by atoms with van der Waals surface area (Å²) < 4.78 is 62.8. The number of rotatable bonds is 5. The van der Waals surface area contributed by atoms with Gasteiger partial charge in [0.1, 0.15) is 34.6 Å². The number of carbonyl (C=O) groups excluding carboxylic acids is 1. The Balaban J connectivity index is 1.43. The minimum atomic E-state index is -1.33. The van der Waals surface area contributed by atoms with Crippen LogP contribution in [-0.4, -0.2) is 5.97 Å². The van der Waals surface area contributed by atoms with Crippen LogP contribution in [0, 0.1) is 41.0 Å². The van der Waals surface area contributed by atoms with E-state index in [4.69, 9.17) is 4.74 Å². The van der Waals surface area contributed by atoms with Gasteiger partial charge in [-0.25, -0.2) is 22.4 Å². The molecular formula is C29H32F4O2. The highest BCUT2D eigenvalue weighted by molar-refractivity contribution is 5.91. The summed E-state index contributed by atoms with van der Waals surface area (Å²) in [7, 11) is 0. The van der Waals surface area contributed by atoms with E-state index in [-0.39, 0.29) is 11.5 Å². The molecule has 2 fully saturated rings. The van der Waals surface area contributed by atoms with Gasteiger partial charge in [0.05, 0.1) is 0 Å². The second-order valence-electron chi connectivity index (χ2n) is 10.2. The van der Waals surface area contributed by atoms with Crippen molar-refractivity contribution in [3.05, 3.63) is 70.3 Å². The summed E-state index contributed by atoms with van der Waals surface area (Å²) in [5, 5.41) is 0. The van der Waals surface area contributed by atoms with Crippen LogP contribution >= 0.6 is 0 Å². The van der Waals surface area contributed by atoms with E-state index in [2.05, 4.69) is 6.92 Å². The fourth-order valence-electron chi connectivity index (χ4n) is 5.81. The fraction of sp³-hybridized carbons (Fsp3) is 0.483. The zero-order valence-corrected chi connectivity index (χ0v) is 20.3. The second-order valence-corrected chi connectivity index (χ2v) is 10.2. The van der Waals surface area contributed by atoms with Crippen molar-refractivity contribution in [2.75, 3.05) is 0 Å². The smallest absolute Gasteiger partial charge is 0.349 e. The van der Waals surface area contributed by atoms with Gasteiger partial charge in [-0.2, -0.15) is 0 Å². The Hall–Kier alpha value is -2.63. The highest BCUT2D eigenvalue weighted by atomic mass is 19.1. The predicted octanol–water partition coefficient (Wildman–Crippen LogP) is 8.60. The van der Waals surface area contributed by atoms with Crippen molar-refractivity contribution < 1.29 is 27.1 Å². The van der Waals surface area contributed by atoms with Crippen LogP contribution in [0.25, 0.3) is 6.08 Å². The first-order chi connectivity index (χ1) is 16.8. The molecular weight excluding hydrogens is 456 g/mol. The third-order valence-corrected chi connectivity index (χ3v) is 7.84. The molecule has 0 heterocycles. The van der Waals surface area contributed by atoms with Gasteiger partial charge in [-0.1, -0.05) is 31.9 Å². The van der Waals surface area contributed by atoms with Crippen LogP contribution in [0.1, 0.15) is 92.6 Å². The van der Waals surface area contributed by atoms with Crippen LogP contribution < -0.4 is 4.74 Å². The quantitative estimate of drug-likeness (QED) is 0.239. The lowest BCUT2D eigenvalue weighted by molar-refractivity contribution is 0.0723. The maximum atomic E-state index is 14.8. The molecule has 4 rings (SSSR count). The van der Waals surface area contributed by atoms with Crippen LogP contribution in [0.15, 0.2) is 30.3 Å².